The number of halogens is 1. The van der Waals surface area contributed by atoms with Crippen LogP contribution in [0.15, 0.2) is 22.7 Å². The number of hydrogen-bond donors (Lipinski definition) is 2. The van der Waals surface area contributed by atoms with Crippen LogP contribution in [0.3, 0.4) is 0 Å². The third-order valence-corrected chi connectivity index (χ3v) is 3.52. The van der Waals surface area contributed by atoms with E-state index < -0.39 is 0 Å². The van der Waals surface area contributed by atoms with Crippen molar-refractivity contribution in [1.29, 1.82) is 0 Å². The van der Waals surface area contributed by atoms with Gasteiger partial charge in [-0.15, -0.1) is 0 Å². The molecule has 4 heteroatoms. The lowest BCUT2D eigenvalue weighted by Crippen LogP contribution is -2.34. The number of rotatable bonds is 6. The van der Waals surface area contributed by atoms with E-state index in [1.165, 1.54) is 11.1 Å². The third-order valence-electron chi connectivity index (χ3n) is 3.02. The van der Waals surface area contributed by atoms with Gasteiger partial charge in [0.05, 0.1) is 0 Å². The second kappa shape index (κ2) is 7.06. The normalized spacial score (nSPS) is 11.4. The molecule has 1 rings (SSSR count). The number of hydrogen-bond acceptors (Lipinski definition) is 2. The summed E-state index contributed by atoms with van der Waals surface area (Å²) in [5.74, 6) is 0.0752. The monoisotopic (exact) mass is 326 g/mol. The molecular formula is C15H23BrN2O. The topological polar surface area (TPSA) is 55.1 Å². The third kappa shape index (κ3) is 6.73. The number of benzene rings is 1. The van der Waals surface area contributed by atoms with Crippen LogP contribution < -0.4 is 11.1 Å². The molecule has 1 aromatic carbocycles. The van der Waals surface area contributed by atoms with Gasteiger partial charge in [-0.2, -0.15) is 0 Å². The highest BCUT2D eigenvalue weighted by Crippen LogP contribution is 2.16. The van der Waals surface area contributed by atoms with Crippen molar-refractivity contribution in [3.8, 4) is 0 Å². The molecule has 0 saturated heterocycles. The summed E-state index contributed by atoms with van der Waals surface area (Å²) in [4.78, 5) is 11.7. The van der Waals surface area contributed by atoms with Gasteiger partial charge < -0.3 is 11.1 Å². The van der Waals surface area contributed by atoms with Crippen LogP contribution in [-0.2, 0) is 11.2 Å². The first-order chi connectivity index (χ1) is 8.78. The summed E-state index contributed by atoms with van der Waals surface area (Å²) in [7, 11) is 0. The molecule has 0 aliphatic heterocycles. The summed E-state index contributed by atoms with van der Waals surface area (Å²) in [6, 6.07) is 6.21. The number of carbonyl (C=O) groups excluding carboxylic acids is 1. The molecule has 1 amide bonds. The van der Waals surface area contributed by atoms with E-state index in [2.05, 4.69) is 40.3 Å². The first kappa shape index (κ1) is 16.2. The van der Waals surface area contributed by atoms with E-state index in [1.54, 1.807) is 0 Å². The smallest absolute Gasteiger partial charge is 0.220 e. The fourth-order valence-electron chi connectivity index (χ4n) is 1.77. The Balaban J connectivity index is 2.34. The molecule has 19 heavy (non-hydrogen) atoms. The largest absolute Gasteiger partial charge is 0.356 e. The van der Waals surface area contributed by atoms with E-state index in [0.717, 1.165) is 10.9 Å². The Morgan fingerprint density at radius 2 is 2.11 bits per heavy atom. The average Bonchev–Trinajstić information content (AvgIpc) is 2.30. The molecular weight excluding hydrogens is 304 g/mol. The van der Waals surface area contributed by atoms with Crippen LogP contribution in [0, 0.1) is 6.92 Å². The molecule has 3 nitrogen and oxygen atoms in total. The van der Waals surface area contributed by atoms with Crippen molar-refractivity contribution in [2.24, 2.45) is 5.73 Å². The van der Waals surface area contributed by atoms with Gasteiger partial charge in [0.1, 0.15) is 0 Å². The fourth-order valence-corrected chi connectivity index (χ4v) is 2.18. The summed E-state index contributed by atoms with van der Waals surface area (Å²) in [5, 5.41) is 2.94. The summed E-state index contributed by atoms with van der Waals surface area (Å²) < 4.78 is 1.07. The first-order valence-corrected chi connectivity index (χ1v) is 7.38. The Kier molecular flexibility index (Phi) is 6.01. The number of nitrogens with two attached hydrogens (primary N) is 1. The summed E-state index contributed by atoms with van der Waals surface area (Å²) >= 11 is 3.46. The van der Waals surface area contributed by atoms with Gasteiger partial charge in [-0.3, -0.25) is 4.79 Å². The van der Waals surface area contributed by atoms with Crippen molar-refractivity contribution in [3.63, 3.8) is 0 Å². The predicted molar refractivity (Wildman–Crippen MR) is 83.1 cm³/mol. The van der Waals surface area contributed by atoms with Crippen molar-refractivity contribution in [1.82, 2.24) is 5.32 Å². The van der Waals surface area contributed by atoms with Crippen LogP contribution in [0.2, 0.25) is 0 Å². The molecule has 0 bridgehead atoms. The Morgan fingerprint density at radius 3 is 2.74 bits per heavy atom. The molecule has 0 heterocycles. The van der Waals surface area contributed by atoms with Crippen molar-refractivity contribution in [2.45, 2.75) is 45.6 Å². The Labute approximate surface area is 124 Å². The number of carbonyl (C=O) groups is 1. The van der Waals surface area contributed by atoms with Crippen molar-refractivity contribution < 1.29 is 4.79 Å². The molecule has 0 unspecified atom stereocenters. The maximum absolute atomic E-state index is 11.7. The van der Waals surface area contributed by atoms with Crippen LogP contribution in [0.1, 0.15) is 37.8 Å². The van der Waals surface area contributed by atoms with Crippen molar-refractivity contribution >= 4 is 21.8 Å². The highest BCUT2D eigenvalue weighted by Gasteiger charge is 2.12. The van der Waals surface area contributed by atoms with E-state index in [9.17, 15) is 4.79 Å². The number of aryl methyl sites for hydroxylation is 1. The Morgan fingerprint density at radius 1 is 1.42 bits per heavy atom. The van der Waals surface area contributed by atoms with Gasteiger partial charge in [-0.1, -0.05) is 22.0 Å². The molecule has 0 saturated carbocycles. The Bertz CT molecular complexity index is 438. The van der Waals surface area contributed by atoms with Gasteiger partial charge in [0, 0.05) is 23.0 Å². The number of amides is 1. The minimum Gasteiger partial charge on any atom is -0.356 e. The maximum Gasteiger partial charge on any atom is 0.220 e. The molecule has 0 radical (unpaired) electrons. The lowest BCUT2D eigenvalue weighted by atomic mass is 10.00. The summed E-state index contributed by atoms with van der Waals surface area (Å²) in [6.07, 6.45) is 2.04. The van der Waals surface area contributed by atoms with Crippen LogP contribution >= 0.6 is 15.9 Å². The maximum atomic E-state index is 11.7. The molecule has 0 aliphatic rings. The van der Waals surface area contributed by atoms with Crippen molar-refractivity contribution in [2.75, 3.05) is 6.54 Å². The number of nitrogens with one attached hydrogen (secondary N) is 1. The predicted octanol–water partition coefficient (Wildman–Crippen LogP) is 2.93. The van der Waals surface area contributed by atoms with E-state index in [0.29, 0.717) is 19.4 Å². The SMILES string of the molecule is Cc1ccc(Br)cc1CCNC(=O)CCC(C)(C)N. The molecule has 0 fully saturated rings. The molecule has 0 spiro atoms. The lowest BCUT2D eigenvalue weighted by molar-refractivity contribution is -0.121. The van der Waals surface area contributed by atoms with Gasteiger partial charge in [0.15, 0.2) is 0 Å². The van der Waals surface area contributed by atoms with E-state index in [1.807, 2.05) is 19.9 Å². The van der Waals surface area contributed by atoms with Crippen LogP contribution in [0.5, 0.6) is 0 Å². The molecule has 0 atom stereocenters. The van der Waals surface area contributed by atoms with Gasteiger partial charge in [0.2, 0.25) is 5.91 Å². The van der Waals surface area contributed by atoms with E-state index >= 15 is 0 Å². The lowest BCUT2D eigenvalue weighted by Gasteiger charge is -2.17. The summed E-state index contributed by atoms with van der Waals surface area (Å²) in [6.45, 7) is 6.62. The van der Waals surface area contributed by atoms with Crippen LogP contribution in [0.4, 0.5) is 0 Å². The minimum atomic E-state index is -0.280. The first-order valence-electron chi connectivity index (χ1n) is 6.58. The highest BCUT2D eigenvalue weighted by molar-refractivity contribution is 9.10. The van der Waals surface area contributed by atoms with E-state index in [-0.39, 0.29) is 11.4 Å². The van der Waals surface area contributed by atoms with Gasteiger partial charge in [0.25, 0.3) is 0 Å². The van der Waals surface area contributed by atoms with Crippen LogP contribution in [-0.4, -0.2) is 18.0 Å². The fraction of sp³-hybridized carbons (Fsp3) is 0.533. The minimum absolute atomic E-state index is 0.0752. The zero-order valence-corrected chi connectivity index (χ0v) is 13.5. The zero-order valence-electron chi connectivity index (χ0n) is 11.9. The molecule has 0 aliphatic carbocycles. The van der Waals surface area contributed by atoms with Gasteiger partial charge in [-0.25, -0.2) is 0 Å². The van der Waals surface area contributed by atoms with Gasteiger partial charge in [-0.05, 0) is 56.9 Å². The second-order valence-electron chi connectivity index (χ2n) is 5.66. The van der Waals surface area contributed by atoms with Crippen molar-refractivity contribution in [3.05, 3.63) is 33.8 Å². The average molecular weight is 327 g/mol. The molecule has 1 aromatic rings. The quantitative estimate of drug-likeness (QED) is 0.844. The summed E-state index contributed by atoms with van der Waals surface area (Å²) in [5.41, 5.74) is 8.08. The van der Waals surface area contributed by atoms with Crippen LogP contribution in [0.25, 0.3) is 0 Å². The highest BCUT2D eigenvalue weighted by atomic mass is 79.9. The zero-order chi connectivity index (χ0) is 14.5. The van der Waals surface area contributed by atoms with Gasteiger partial charge >= 0.3 is 0 Å². The molecule has 106 valence electrons. The Hall–Kier alpha value is -0.870. The standard InChI is InChI=1S/C15H23BrN2O/c1-11-4-5-13(16)10-12(11)7-9-18-14(19)6-8-15(2,3)17/h4-5,10H,6-9,17H2,1-3H3,(H,18,19). The van der Waals surface area contributed by atoms with E-state index in [4.69, 9.17) is 5.73 Å². The molecule has 3 N–H and O–H groups in total. The second-order valence-corrected chi connectivity index (χ2v) is 6.58. The molecule has 0 aromatic heterocycles.